The Kier molecular flexibility index (Phi) is 5.06. The third-order valence-corrected chi connectivity index (χ3v) is 3.64. The van der Waals surface area contributed by atoms with Gasteiger partial charge in [-0.25, -0.2) is 9.86 Å². The number of urea groups is 1. The normalized spacial score (nSPS) is 10.5. The van der Waals surface area contributed by atoms with Crippen LogP contribution in [0.1, 0.15) is 11.1 Å². The van der Waals surface area contributed by atoms with Gasteiger partial charge in [-0.15, -0.1) is 10.2 Å². The standard InChI is InChI=1S/C18H18N4O3/c1-13-8-9-15(17-21-19-12-24-17)10-16(13)20-18(23)22(2)25-11-14-6-4-3-5-7-14/h3-10,12H,11H2,1-2H3,(H,20,23). The second-order valence-electron chi connectivity index (χ2n) is 5.46. The molecule has 3 aromatic rings. The Morgan fingerprint density at radius 2 is 2.04 bits per heavy atom. The van der Waals surface area contributed by atoms with Crippen molar-refractivity contribution in [1.29, 1.82) is 0 Å². The maximum Gasteiger partial charge on any atom is 0.345 e. The van der Waals surface area contributed by atoms with Gasteiger partial charge in [0, 0.05) is 18.3 Å². The first kappa shape index (κ1) is 16.7. The number of hydrogen-bond acceptors (Lipinski definition) is 5. The van der Waals surface area contributed by atoms with Crippen molar-refractivity contribution in [3.63, 3.8) is 0 Å². The molecule has 0 saturated carbocycles. The summed E-state index contributed by atoms with van der Waals surface area (Å²) in [5.74, 6) is 0.393. The minimum atomic E-state index is -0.373. The Morgan fingerprint density at radius 1 is 1.24 bits per heavy atom. The lowest BCUT2D eigenvalue weighted by Crippen LogP contribution is -2.31. The maximum absolute atomic E-state index is 12.3. The molecule has 25 heavy (non-hydrogen) atoms. The van der Waals surface area contributed by atoms with Gasteiger partial charge < -0.3 is 9.73 Å². The van der Waals surface area contributed by atoms with Gasteiger partial charge >= 0.3 is 6.03 Å². The van der Waals surface area contributed by atoms with Crippen LogP contribution in [-0.4, -0.2) is 28.3 Å². The lowest BCUT2D eigenvalue weighted by Gasteiger charge is -2.18. The summed E-state index contributed by atoms with van der Waals surface area (Å²) in [5.41, 5.74) is 3.27. The number of aryl methyl sites for hydroxylation is 1. The van der Waals surface area contributed by atoms with E-state index in [1.807, 2.05) is 49.4 Å². The number of nitrogens with zero attached hydrogens (tertiary/aromatic N) is 3. The number of carbonyl (C=O) groups is 1. The van der Waals surface area contributed by atoms with Crippen LogP contribution < -0.4 is 5.32 Å². The molecule has 0 unspecified atom stereocenters. The highest BCUT2D eigenvalue weighted by atomic mass is 16.7. The number of rotatable bonds is 5. The SMILES string of the molecule is Cc1ccc(-c2nnco2)cc1NC(=O)N(C)OCc1ccccc1. The molecule has 2 amide bonds. The third-order valence-electron chi connectivity index (χ3n) is 3.64. The molecule has 1 N–H and O–H groups in total. The quantitative estimate of drug-likeness (QED) is 0.718. The van der Waals surface area contributed by atoms with Gasteiger partial charge in [-0.1, -0.05) is 36.4 Å². The van der Waals surface area contributed by atoms with E-state index in [-0.39, 0.29) is 6.03 Å². The largest absolute Gasteiger partial charge is 0.423 e. The van der Waals surface area contributed by atoms with Crippen molar-refractivity contribution >= 4 is 11.7 Å². The van der Waals surface area contributed by atoms with E-state index in [1.54, 1.807) is 13.1 Å². The minimum absolute atomic E-state index is 0.311. The van der Waals surface area contributed by atoms with Crippen molar-refractivity contribution < 1.29 is 14.0 Å². The fourth-order valence-corrected chi connectivity index (χ4v) is 2.19. The zero-order chi connectivity index (χ0) is 17.6. The van der Waals surface area contributed by atoms with Gasteiger partial charge in [0.2, 0.25) is 12.3 Å². The molecule has 3 rings (SSSR count). The fourth-order valence-electron chi connectivity index (χ4n) is 2.19. The highest BCUT2D eigenvalue weighted by Gasteiger charge is 2.13. The van der Waals surface area contributed by atoms with Crippen LogP contribution in [0.4, 0.5) is 10.5 Å². The van der Waals surface area contributed by atoms with E-state index in [4.69, 9.17) is 9.25 Å². The van der Waals surface area contributed by atoms with E-state index >= 15 is 0 Å². The zero-order valence-electron chi connectivity index (χ0n) is 14.0. The molecule has 0 spiro atoms. The summed E-state index contributed by atoms with van der Waals surface area (Å²) in [6.07, 6.45) is 1.26. The molecule has 2 aromatic carbocycles. The first-order chi connectivity index (χ1) is 12.1. The molecule has 1 heterocycles. The van der Waals surface area contributed by atoms with Crippen LogP contribution in [-0.2, 0) is 11.4 Å². The number of hydrogen-bond donors (Lipinski definition) is 1. The summed E-state index contributed by atoms with van der Waals surface area (Å²) in [7, 11) is 1.56. The van der Waals surface area contributed by atoms with Gasteiger partial charge in [0.1, 0.15) is 6.61 Å². The number of aromatic nitrogens is 2. The van der Waals surface area contributed by atoms with Gasteiger partial charge in [-0.05, 0) is 30.2 Å². The predicted octanol–water partition coefficient (Wildman–Crippen LogP) is 3.64. The first-order valence-electron chi connectivity index (χ1n) is 7.72. The molecule has 0 aliphatic heterocycles. The molecule has 0 saturated heterocycles. The van der Waals surface area contributed by atoms with E-state index in [9.17, 15) is 4.79 Å². The van der Waals surface area contributed by atoms with Crippen molar-refractivity contribution in [1.82, 2.24) is 15.3 Å². The molecule has 1 aromatic heterocycles. The number of hydroxylamine groups is 2. The molecule has 0 radical (unpaired) electrons. The molecule has 0 atom stereocenters. The number of carbonyl (C=O) groups excluding carboxylic acids is 1. The Balaban J connectivity index is 1.64. The summed E-state index contributed by atoms with van der Waals surface area (Å²) in [4.78, 5) is 17.8. The smallest absolute Gasteiger partial charge is 0.345 e. The van der Waals surface area contributed by atoms with Gasteiger partial charge in [-0.3, -0.25) is 4.84 Å². The van der Waals surface area contributed by atoms with Crippen molar-refractivity contribution in [2.45, 2.75) is 13.5 Å². The molecule has 0 aliphatic carbocycles. The molecule has 0 aliphatic rings. The van der Waals surface area contributed by atoms with Crippen molar-refractivity contribution in [2.75, 3.05) is 12.4 Å². The highest BCUT2D eigenvalue weighted by Crippen LogP contribution is 2.24. The maximum atomic E-state index is 12.3. The number of anilines is 1. The third kappa shape index (κ3) is 4.21. The monoisotopic (exact) mass is 338 g/mol. The van der Waals surface area contributed by atoms with Crippen LogP contribution in [0.2, 0.25) is 0 Å². The van der Waals surface area contributed by atoms with E-state index < -0.39 is 0 Å². The average Bonchev–Trinajstić information content (AvgIpc) is 3.17. The first-order valence-corrected chi connectivity index (χ1v) is 7.72. The van der Waals surface area contributed by atoms with Crippen LogP contribution in [0.3, 0.4) is 0 Å². The Labute approximate surface area is 145 Å². The van der Waals surface area contributed by atoms with Crippen molar-refractivity contribution in [2.24, 2.45) is 0 Å². The second kappa shape index (κ2) is 7.59. The summed E-state index contributed by atoms with van der Waals surface area (Å²) in [5, 5.41) is 11.5. The molecular weight excluding hydrogens is 320 g/mol. The average molecular weight is 338 g/mol. The lowest BCUT2D eigenvalue weighted by atomic mass is 10.1. The molecule has 128 valence electrons. The van der Waals surface area contributed by atoms with Gasteiger partial charge in [0.25, 0.3) is 0 Å². The molecule has 7 nitrogen and oxygen atoms in total. The number of nitrogens with one attached hydrogen (secondary N) is 1. The summed E-state index contributed by atoms with van der Waals surface area (Å²) < 4.78 is 5.18. The second-order valence-corrected chi connectivity index (χ2v) is 5.46. The van der Waals surface area contributed by atoms with E-state index in [0.717, 1.165) is 16.7 Å². The van der Waals surface area contributed by atoms with Crippen LogP contribution in [0.5, 0.6) is 0 Å². The van der Waals surface area contributed by atoms with Crippen molar-refractivity contribution in [3.8, 4) is 11.5 Å². The summed E-state index contributed by atoms with van der Waals surface area (Å²) >= 11 is 0. The molecular formula is C18H18N4O3. The predicted molar refractivity (Wildman–Crippen MR) is 92.5 cm³/mol. The number of benzene rings is 2. The Morgan fingerprint density at radius 3 is 2.76 bits per heavy atom. The molecule has 0 bridgehead atoms. The minimum Gasteiger partial charge on any atom is -0.423 e. The molecule has 0 fully saturated rings. The molecule has 7 heteroatoms. The Hall–Kier alpha value is -3.19. The summed E-state index contributed by atoms with van der Waals surface area (Å²) in [6.45, 7) is 2.21. The van der Waals surface area contributed by atoms with Crippen LogP contribution >= 0.6 is 0 Å². The zero-order valence-corrected chi connectivity index (χ0v) is 14.0. The number of amides is 2. The van der Waals surface area contributed by atoms with Gasteiger partial charge in [0.15, 0.2) is 0 Å². The fraction of sp³-hybridized carbons (Fsp3) is 0.167. The van der Waals surface area contributed by atoms with Gasteiger partial charge in [0.05, 0.1) is 0 Å². The van der Waals surface area contributed by atoms with Crippen LogP contribution in [0.15, 0.2) is 59.3 Å². The van der Waals surface area contributed by atoms with Crippen LogP contribution in [0.25, 0.3) is 11.5 Å². The topological polar surface area (TPSA) is 80.5 Å². The van der Waals surface area contributed by atoms with Crippen LogP contribution in [0, 0.1) is 6.92 Å². The van der Waals surface area contributed by atoms with E-state index in [0.29, 0.717) is 18.2 Å². The van der Waals surface area contributed by atoms with Gasteiger partial charge in [-0.2, -0.15) is 0 Å². The van der Waals surface area contributed by atoms with E-state index in [1.165, 1.54) is 11.5 Å². The highest BCUT2D eigenvalue weighted by molar-refractivity contribution is 5.90. The lowest BCUT2D eigenvalue weighted by molar-refractivity contribution is -0.105. The Bertz CT molecular complexity index is 835. The van der Waals surface area contributed by atoms with Crippen molar-refractivity contribution in [3.05, 3.63) is 66.1 Å². The van der Waals surface area contributed by atoms with E-state index in [2.05, 4.69) is 15.5 Å². The summed E-state index contributed by atoms with van der Waals surface area (Å²) in [6, 6.07) is 14.8.